The lowest BCUT2D eigenvalue weighted by molar-refractivity contribution is -0.121. The van der Waals surface area contributed by atoms with Crippen LogP contribution in [-0.4, -0.2) is 74.1 Å². The van der Waals surface area contributed by atoms with Gasteiger partial charge >= 0.3 is 0 Å². The van der Waals surface area contributed by atoms with E-state index in [4.69, 9.17) is 4.98 Å². The maximum atomic E-state index is 11.9. The van der Waals surface area contributed by atoms with Gasteiger partial charge in [-0.1, -0.05) is 43.8 Å². The lowest BCUT2D eigenvalue weighted by atomic mass is 9.94. The summed E-state index contributed by atoms with van der Waals surface area (Å²) in [6.07, 6.45) is 6.15. The van der Waals surface area contributed by atoms with Gasteiger partial charge in [0.1, 0.15) is 12.6 Å². The zero-order chi connectivity index (χ0) is 34.5. The number of amides is 1. The summed E-state index contributed by atoms with van der Waals surface area (Å²) in [7, 11) is 3.41. The van der Waals surface area contributed by atoms with Crippen LogP contribution in [0.5, 0.6) is 0 Å². The quantitative estimate of drug-likeness (QED) is 0.0755. The van der Waals surface area contributed by atoms with Gasteiger partial charge in [-0.3, -0.25) is 24.5 Å². The number of thioether (sulfide) groups is 1. The Bertz CT molecular complexity index is 1650. The molecule has 0 radical (unpaired) electrons. The van der Waals surface area contributed by atoms with Gasteiger partial charge in [-0.2, -0.15) is 0 Å². The second kappa shape index (κ2) is 17.6. The van der Waals surface area contributed by atoms with Crippen LogP contribution >= 0.6 is 11.8 Å². The first kappa shape index (κ1) is 36.3. The molecule has 0 spiro atoms. The van der Waals surface area contributed by atoms with Crippen molar-refractivity contribution in [3.05, 3.63) is 101 Å². The first-order chi connectivity index (χ1) is 23.3. The van der Waals surface area contributed by atoms with Crippen molar-refractivity contribution in [3.63, 3.8) is 0 Å². The highest BCUT2D eigenvalue weighted by Gasteiger charge is 2.48. The highest BCUT2D eigenvalue weighted by atomic mass is 32.2. The average Bonchev–Trinajstić information content (AvgIpc) is 3.93. The number of carbonyl (C=O) groups excluding carboxylic acids is 3. The summed E-state index contributed by atoms with van der Waals surface area (Å²) in [5.74, 6) is 0.858. The van der Waals surface area contributed by atoms with Gasteiger partial charge in [0.05, 0.1) is 22.8 Å². The van der Waals surface area contributed by atoms with Gasteiger partial charge in [-0.05, 0) is 85.1 Å². The Hall–Kier alpha value is -4.54. The minimum absolute atomic E-state index is 0.114. The third-order valence-corrected chi connectivity index (χ3v) is 9.52. The predicted octanol–water partition coefficient (Wildman–Crippen LogP) is 6.09. The Kier molecular flexibility index (Phi) is 13.3. The van der Waals surface area contributed by atoms with E-state index in [0.717, 1.165) is 76.2 Å². The molecule has 4 rings (SSSR count). The molecular formula is C38H46N6O3S. The van der Waals surface area contributed by atoms with Crippen LogP contribution in [0.15, 0.2) is 83.5 Å². The Balaban J connectivity index is 1.40. The number of nitrogens with one attached hydrogen (secondary N) is 3. The predicted molar refractivity (Wildman–Crippen MR) is 198 cm³/mol. The molecule has 1 aliphatic rings. The topological polar surface area (TPSA) is 116 Å². The number of anilines is 1. The molecule has 2 aromatic carbocycles. The van der Waals surface area contributed by atoms with E-state index >= 15 is 0 Å². The van der Waals surface area contributed by atoms with Crippen LogP contribution in [0.3, 0.4) is 0 Å². The normalized spacial score (nSPS) is 14.1. The molecule has 48 heavy (non-hydrogen) atoms. The minimum Gasteiger partial charge on any atom is -0.386 e. The number of benzene rings is 2. The molecule has 1 amide bonds. The first-order valence-electron chi connectivity index (χ1n) is 16.3. The highest BCUT2D eigenvalue weighted by Crippen LogP contribution is 2.52. The molecule has 1 atom stereocenters. The Labute approximate surface area is 288 Å². The zero-order valence-electron chi connectivity index (χ0n) is 28.1. The Morgan fingerprint density at radius 1 is 1.12 bits per heavy atom. The number of carbonyl (C=O) groups is 3. The second-order valence-corrected chi connectivity index (χ2v) is 13.0. The fraction of sp³-hybridized carbons (Fsp3) is 0.342. The van der Waals surface area contributed by atoms with E-state index in [0.29, 0.717) is 31.6 Å². The summed E-state index contributed by atoms with van der Waals surface area (Å²) in [5.41, 5.74) is 7.98. The number of rotatable bonds is 20. The summed E-state index contributed by atoms with van der Waals surface area (Å²) in [4.78, 5) is 46.4. The third-order valence-electron chi connectivity index (χ3n) is 8.80. The van der Waals surface area contributed by atoms with Gasteiger partial charge < -0.3 is 20.7 Å². The van der Waals surface area contributed by atoms with Gasteiger partial charge in [-0.15, -0.1) is 11.8 Å². The third kappa shape index (κ3) is 9.08. The lowest BCUT2D eigenvalue weighted by Gasteiger charge is -2.26. The molecule has 3 aromatic rings. The molecule has 0 saturated heterocycles. The SMILES string of the molecule is C=N/C(=C\SCC)c1cccc(-c2ccnc(C3(C(=C)NCCNc4cccc(C=O)c4CN(C)C(C=O)CCC(=O)NC)CC3)c2)c1. The summed E-state index contributed by atoms with van der Waals surface area (Å²) < 4.78 is 0. The largest absolute Gasteiger partial charge is 0.386 e. The smallest absolute Gasteiger partial charge is 0.219 e. The number of likely N-dealkylation sites (N-methyl/N-ethyl adjacent to an activating group) is 1. The lowest BCUT2D eigenvalue weighted by Crippen LogP contribution is -2.34. The van der Waals surface area contributed by atoms with Gasteiger partial charge in [0, 0.05) is 61.8 Å². The molecule has 1 aliphatic carbocycles. The zero-order valence-corrected chi connectivity index (χ0v) is 28.9. The van der Waals surface area contributed by atoms with Crippen molar-refractivity contribution in [3.8, 4) is 11.1 Å². The van der Waals surface area contributed by atoms with Crippen LogP contribution in [0, 0.1) is 0 Å². The van der Waals surface area contributed by atoms with Gasteiger partial charge in [-0.25, -0.2) is 0 Å². The molecule has 1 heterocycles. The molecule has 1 saturated carbocycles. The highest BCUT2D eigenvalue weighted by molar-refractivity contribution is 8.02. The second-order valence-electron chi connectivity index (χ2n) is 11.9. The van der Waals surface area contributed by atoms with E-state index in [1.54, 1.807) is 24.9 Å². The molecule has 10 heteroatoms. The molecule has 1 unspecified atom stereocenters. The van der Waals surface area contributed by atoms with Crippen molar-refractivity contribution >= 4 is 48.3 Å². The number of aromatic nitrogens is 1. The minimum atomic E-state index is -0.450. The standard InChI is InChI=1S/C38H46N6O3S/c1-6-48-26-35(39-3)30-10-7-9-28(21-30)29-15-18-43-36(22-29)38(16-17-38)27(2)41-19-20-42-34-12-8-11-31(24-45)33(34)23-44(5)32(25-46)13-14-37(47)40-4/h7-12,15,18,21-22,24-26,32,41-42H,2-3,6,13-14,16-17,19-20,23H2,1,4-5H3,(H,40,47)/b35-26-. The first-order valence-corrected chi connectivity index (χ1v) is 17.3. The van der Waals surface area contributed by atoms with Gasteiger partial charge in [0.15, 0.2) is 0 Å². The Morgan fingerprint density at radius 3 is 2.58 bits per heavy atom. The number of hydrogen-bond acceptors (Lipinski definition) is 9. The van der Waals surface area contributed by atoms with Crippen molar-refractivity contribution in [1.82, 2.24) is 20.5 Å². The molecule has 9 nitrogen and oxygen atoms in total. The number of hydrogen-bond donors (Lipinski definition) is 3. The maximum absolute atomic E-state index is 11.9. The number of pyridine rings is 1. The molecule has 3 N–H and O–H groups in total. The van der Waals surface area contributed by atoms with Crippen LogP contribution in [0.1, 0.15) is 59.8 Å². The van der Waals surface area contributed by atoms with Gasteiger partial charge in [0.2, 0.25) is 5.91 Å². The van der Waals surface area contributed by atoms with E-state index < -0.39 is 6.04 Å². The van der Waals surface area contributed by atoms with E-state index in [-0.39, 0.29) is 17.7 Å². The Morgan fingerprint density at radius 2 is 1.90 bits per heavy atom. The number of aldehydes is 2. The van der Waals surface area contributed by atoms with Crippen LogP contribution in [0.2, 0.25) is 0 Å². The number of allylic oxidation sites excluding steroid dienone is 1. The van der Waals surface area contributed by atoms with E-state index in [2.05, 4.69) is 65.4 Å². The summed E-state index contributed by atoms with van der Waals surface area (Å²) in [6, 6.07) is 17.6. The van der Waals surface area contributed by atoms with E-state index in [1.165, 1.54) is 0 Å². The molecule has 1 fully saturated rings. The maximum Gasteiger partial charge on any atom is 0.219 e. The summed E-state index contributed by atoms with van der Waals surface area (Å²) >= 11 is 1.70. The fourth-order valence-corrected chi connectivity index (χ4v) is 6.26. The van der Waals surface area contributed by atoms with Crippen molar-refractivity contribution in [2.24, 2.45) is 4.99 Å². The number of nitrogens with zero attached hydrogens (tertiary/aromatic N) is 3. The van der Waals surface area contributed by atoms with Crippen molar-refractivity contribution in [2.75, 3.05) is 38.3 Å². The molecule has 0 bridgehead atoms. The van der Waals surface area contributed by atoms with Crippen LogP contribution in [-0.2, 0) is 21.5 Å². The molecule has 0 aliphatic heterocycles. The van der Waals surface area contributed by atoms with Crippen LogP contribution in [0.4, 0.5) is 5.69 Å². The molecular weight excluding hydrogens is 621 g/mol. The summed E-state index contributed by atoms with van der Waals surface area (Å²) in [5, 5.41) is 11.6. The van der Waals surface area contributed by atoms with Crippen molar-refractivity contribution in [2.45, 2.75) is 50.6 Å². The van der Waals surface area contributed by atoms with E-state index in [9.17, 15) is 14.4 Å². The monoisotopic (exact) mass is 666 g/mol. The molecule has 1 aromatic heterocycles. The summed E-state index contributed by atoms with van der Waals surface area (Å²) in [6.45, 7) is 11.9. The average molecular weight is 667 g/mol. The van der Waals surface area contributed by atoms with Crippen LogP contribution < -0.4 is 16.0 Å². The van der Waals surface area contributed by atoms with Crippen LogP contribution in [0.25, 0.3) is 16.8 Å². The fourth-order valence-electron chi connectivity index (χ4n) is 5.73. The molecule has 252 valence electrons. The van der Waals surface area contributed by atoms with Crippen molar-refractivity contribution in [1.29, 1.82) is 0 Å². The van der Waals surface area contributed by atoms with Crippen molar-refractivity contribution < 1.29 is 14.4 Å². The number of aliphatic imine (C=N–C) groups is 1. The van der Waals surface area contributed by atoms with Gasteiger partial charge in [0.25, 0.3) is 0 Å². The van der Waals surface area contributed by atoms with E-state index in [1.807, 2.05) is 47.8 Å².